The lowest BCUT2D eigenvalue weighted by molar-refractivity contribution is -0.0817. The second-order valence-corrected chi connectivity index (χ2v) is 5.47. The van der Waals surface area contributed by atoms with Gasteiger partial charge in [0.2, 0.25) is 5.75 Å². The molecule has 0 radical (unpaired) electrons. The third-order valence-electron chi connectivity index (χ3n) is 4.42. The SMILES string of the molecule is COc1ccc(C(N)CC2(OC)CCC2)c(OC)c1OC. The van der Waals surface area contributed by atoms with Crippen molar-refractivity contribution in [3.8, 4) is 17.2 Å². The van der Waals surface area contributed by atoms with Gasteiger partial charge in [-0.3, -0.25) is 0 Å². The zero-order valence-corrected chi connectivity index (χ0v) is 13.3. The Morgan fingerprint density at radius 1 is 1.05 bits per heavy atom. The predicted molar refractivity (Wildman–Crippen MR) is 81.2 cm³/mol. The number of nitrogens with two attached hydrogens (primary N) is 1. The van der Waals surface area contributed by atoms with Crippen molar-refractivity contribution < 1.29 is 18.9 Å². The lowest BCUT2D eigenvalue weighted by atomic mass is 9.75. The fourth-order valence-corrected chi connectivity index (χ4v) is 2.99. The van der Waals surface area contributed by atoms with Crippen LogP contribution in [0, 0.1) is 0 Å². The largest absolute Gasteiger partial charge is 0.493 e. The van der Waals surface area contributed by atoms with Crippen LogP contribution in [0.2, 0.25) is 0 Å². The van der Waals surface area contributed by atoms with Crippen molar-refractivity contribution in [2.24, 2.45) is 5.73 Å². The van der Waals surface area contributed by atoms with E-state index in [0.29, 0.717) is 17.2 Å². The lowest BCUT2D eigenvalue weighted by Gasteiger charge is -2.42. The van der Waals surface area contributed by atoms with Gasteiger partial charge in [0, 0.05) is 18.7 Å². The number of rotatable bonds is 7. The molecule has 0 aromatic heterocycles. The molecule has 21 heavy (non-hydrogen) atoms. The Morgan fingerprint density at radius 2 is 1.71 bits per heavy atom. The van der Waals surface area contributed by atoms with Gasteiger partial charge in [-0.1, -0.05) is 0 Å². The molecular weight excluding hydrogens is 270 g/mol. The first-order valence-electron chi connectivity index (χ1n) is 7.20. The van der Waals surface area contributed by atoms with Crippen LogP contribution >= 0.6 is 0 Å². The molecule has 0 heterocycles. The van der Waals surface area contributed by atoms with E-state index in [0.717, 1.165) is 24.8 Å². The van der Waals surface area contributed by atoms with E-state index in [9.17, 15) is 0 Å². The normalized spacial score (nSPS) is 17.8. The molecule has 0 amide bonds. The molecule has 0 bridgehead atoms. The maximum atomic E-state index is 6.40. The molecule has 1 aromatic rings. The molecular formula is C16H25NO4. The lowest BCUT2D eigenvalue weighted by Crippen LogP contribution is -2.41. The Balaban J connectivity index is 2.30. The highest BCUT2D eigenvalue weighted by molar-refractivity contribution is 5.56. The van der Waals surface area contributed by atoms with Crippen LogP contribution in [0.25, 0.3) is 0 Å². The summed E-state index contributed by atoms with van der Waals surface area (Å²) in [6.45, 7) is 0. The molecule has 1 aliphatic rings. The quantitative estimate of drug-likeness (QED) is 0.838. The van der Waals surface area contributed by atoms with Crippen LogP contribution in [0.4, 0.5) is 0 Å². The van der Waals surface area contributed by atoms with E-state index >= 15 is 0 Å². The number of benzene rings is 1. The van der Waals surface area contributed by atoms with Crippen LogP contribution < -0.4 is 19.9 Å². The fraction of sp³-hybridized carbons (Fsp3) is 0.625. The van der Waals surface area contributed by atoms with Gasteiger partial charge in [0.15, 0.2) is 11.5 Å². The van der Waals surface area contributed by atoms with E-state index in [-0.39, 0.29) is 11.6 Å². The van der Waals surface area contributed by atoms with Crippen molar-refractivity contribution in [2.75, 3.05) is 28.4 Å². The van der Waals surface area contributed by atoms with Crippen LogP contribution in [0.5, 0.6) is 17.2 Å². The van der Waals surface area contributed by atoms with Crippen LogP contribution in [0.3, 0.4) is 0 Å². The summed E-state index contributed by atoms with van der Waals surface area (Å²) in [6, 6.07) is 3.63. The summed E-state index contributed by atoms with van der Waals surface area (Å²) < 4.78 is 21.9. The highest BCUT2D eigenvalue weighted by Gasteiger charge is 2.39. The summed E-state index contributed by atoms with van der Waals surface area (Å²) in [5, 5.41) is 0. The number of hydrogen-bond acceptors (Lipinski definition) is 5. The summed E-state index contributed by atoms with van der Waals surface area (Å²) in [6.07, 6.45) is 4.10. The average molecular weight is 295 g/mol. The average Bonchev–Trinajstić information content (AvgIpc) is 2.48. The standard InChI is InChI=1S/C16H25NO4/c1-18-13-7-6-11(14(19-2)15(13)20-3)12(17)10-16(21-4)8-5-9-16/h6-7,12H,5,8-10,17H2,1-4H3. The minimum absolute atomic E-state index is 0.0857. The molecule has 1 aliphatic carbocycles. The van der Waals surface area contributed by atoms with E-state index < -0.39 is 0 Å². The van der Waals surface area contributed by atoms with Crippen LogP contribution in [0.1, 0.15) is 37.3 Å². The molecule has 1 unspecified atom stereocenters. The molecule has 1 fully saturated rings. The Bertz CT molecular complexity index is 480. The molecule has 1 saturated carbocycles. The third kappa shape index (κ3) is 2.94. The third-order valence-corrected chi connectivity index (χ3v) is 4.42. The molecule has 5 nitrogen and oxygen atoms in total. The van der Waals surface area contributed by atoms with E-state index in [1.165, 1.54) is 6.42 Å². The Kier molecular flexibility index (Phi) is 4.96. The molecule has 1 atom stereocenters. The van der Waals surface area contributed by atoms with Gasteiger partial charge in [-0.2, -0.15) is 0 Å². The van der Waals surface area contributed by atoms with Crippen molar-refractivity contribution in [3.05, 3.63) is 17.7 Å². The first kappa shape index (κ1) is 15.9. The molecule has 118 valence electrons. The smallest absolute Gasteiger partial charge is 0.203 e. The van der Waals surface area contributed by atoms with E-state index in [4.69, 9.17) is 24.7 Å². The number of hydrogen-bond donors (Lipinski definition) is 1. The van der Waals surface area contributed by atoms with E-state index in [2.05, 4.69) is 0 Å². The summed E-state index contributed by atoms with van der Waals surface area (Å²) >= 11 is 0. The molecule has 1 aromatic carbocycles. The monoisotopic (exact) mass is 295 g/mol. The summed E-state index contributed by atoms with van der Waals surface area (Å²) in [4.78, 5) is 0. The van der Waals surface area contributed by atoms with Gasteiger partial charge >= 0.3 is 0 Å². The maximum Gasteiger partial charge on any atom is 0.203 e. The topological polar surface area (TPSA) is 62.9 Å². The van der Waals surface area contributed by atoms with Crippen molar-refractivity contribution in [1.82, 2.24) is 0 Å². The van der Waals surface area contributed by atoms with E-state index in [1.54, 1.807) is 28.4 Å². The first-order chi connectivity index (χ1) is 10.1. The first-order valence-corrected chi connectivity index (χ1v) is 7.20. The molecule has 0 aliphatic heterocycles. The summed E-state index contributed by atoms with van der Waals surface area (Å²) in [5.41, 5.74) is 7.23. The number of ether oxygens (including phenoxy) is 4. The van der Waals surface area contributed by atoms with Gasteiger partial charge in [-0.25, -0.2) is 0 Å². The zero-order chi connectivity index (χ0) is 15.5. The zero-order valence-electron chi connectivity index (χ0n) is 13.3. The molecule has 5 heteroatoms. The second kappa shape index (κ2) is 6.54. The van der Waals surface area contributed by atoms with Crippen molar-refractivity contribution in [2.45, 2.75) is 37.3 Å². The fourth-order valence-electron chi connectivity index (χ4n) is 2.99. The number of methoxy groups -OCH3 is 4. The second-order valence-electron chi connectivity index (χ2n) is 5.47. The Hall–Kier alpha value is -1.46. The van der Waals surface area contributed by atoms with Gasteiger partial charge in [0.1, 0.15) is 0 Å². The van der Waals surface area contributed by atoms with Gasteiger partial charge in [0.25, 0.3) is 0 Å². The molecule has 0 saturated heterocycles. The van der Waals surface area contributed by atoms with Gasteiger partial charge < -0.3 is 24.7 Å². The van der Waals surface area contributed by atoms with Crippen LogP contribution in [-0.4, -0.2) is 34.0 Å². The van der Waals surface area contributed by atoms with Gasteiger partial charge in [-0.05, 0) is 37.8 Å². The summed E-state index contributed by atoms with van der Waals surface area (Å²) in [7, 11) is 6.57. The minimum Gasteiger partial charge on any atom is -0.493 e. The van der Waals surface area contributed by atoms with Gasteiger partial charge in [0.05, 0.1) is 26.9 Å². The van der Waals surface area contributed by atoms with Crippen molar-refractivity contribution in [3.63, 3.8) is 0 Å². The van der Waals surface area contributed by atoms with Crippen molar-refractivity contribution in [1.29, 1.82) is 0 Å². The highest BCUT2D eigenvalue weighted by Crippen LogP contribution is 2.46. The Morgan fingerprint density at radius 3 is 2.14 bits per heavy atom. The van der Waals surface area contributed by atoms with E-state index in [1.807, 2.05) is 12.1 Å². The van der Waals surface area contributed by atoms with Crippen molar-refractivity contribution >= 4 is 0 Å². The predicted octanol–water partition coefficient (Wildman–Crippen LogP) is 2.67. The highest BCUT2D eigenvalue weighted by atomic mass is 16.5. The van der Waals surface area contributed by atoms with Crippen LogP contribution in [0.15, 0.2) is 12.1 Å². The van der Waals surface area contributed by atoms with Gasteiger partial charge in [-0.15, -0.1) is 0 Å². The molecule has 0 spiro atoms. The molecule has 2 rings (SSSR count). The Labute approximate surface area is 126 Å². The van der Waals surface area contributed by atoms with Crippen LogP contribution in [-0.2, 0) is 4.74 Å². The summed E-state index contributed by atoms with van der Waals surface area (Å²) in [5.74, 6) is 1.85. The maximum absolute atomic E-state index is 6.40. The minimum atomic E-state index is -0.167. The molecule has 2 N–H and O–H groups in total.